The number of hydrogen-bond donors (Lipinski definition) is 1. The zero-order valence-electron chi connectivity index (χ0n) is 8.06. The van der Waals surface area contributed by atoms with Gasteiger partial charge in [-0.3, -0.25) is 0 Å². The highest BCUT2D eigenvalue weighted by Crippen LogP contribution is 2.22. The van der Waals surface area contributed by atoms with E-state index in [9.17, 15) is 8.42 Å². The van der Waals surface area contributed by atoms with Crippen molar-refractivity contribution in [3.63, 3.8) is 0 Å². The number of sulfonamides is 1. The fraction of sp³-hybridized carbons (Fsp3) is 0.875. The van der Waals surface area contributed by atoms with E-state index >= 15 is 0 Å². The molecule has 0 aromatic rings. The van der Waals surface area contributed by atoms with Crippen LogP contribution < -0.4 is 4.72 Å². The molecule has 1 fully saturated rings. The number of nitriles is 1. The molecular weight excluding hydrogens is 220 g/mol. The Hall–Kier alpha value is -0.250. The lowest BCUT2D eigenvalue weighted by molar-refractivity contribution is 0.543. The molecule has 0 amide bonds. The van der Waals surface area contributed by atoms with Gasteiger partial charge in [0.25, 0.3) is 0 Å². The van der Waals surface area contributed by atoms with E-state index in [1.807, 2.05) is 11.8 Å². The molecule has 1 aliphatic rings. The maximum atomic E-state index is 11.4. The molecule has 1 N–H and O–H groups in total. The van der Waals surface area contributed by atoms with E-state index in [0.717, 1.165) is 17.9 Å². The molecule has 1 heterocycles. The van der Waals surface area contributed by atoms with E-state index in [-0.39, 0.29) is 0 Å². The number of nitrogens with zero attached hydrogens (tertiary/aromatic N) is 1. The summed E-state index contributed by atoms with van der Waals surface area (Å²) in [7, 11) is -3.42. The smallest absolute Gasteiger partial charge is 0.214 e. The van der Waals surface area contributed by atoms with Crippen LogP contribution in [-0.2, 0) is 10.0 Å². The van der Waals surface area contributed by atoms with Gasteiger partial charge < -0.3 is 0 Å². The highest BCUT2D eigenvalue weighted by atomic mass is 32.2. The van der Waals surface area contributed by atoms with E-state index < -0.39 is 15.3 Å². The average Bonchev–Trinajstić information content (AvgIpc) is 2.66. The maximum Gasteiger partial charge on any atom is 0.227 e. The highest BCUT2D eigenvalue weighted by molar-refractivity contribution is 7.99. The van der Waals surface area contributed by atoms with Crippen molar-refractivity contribution in [1.29, 1.82) is 5.26 Å². The van der Waals surface area contributed by atoms with Gasteiger partial charge in [0.15, 0.2) is 5.25 Å². The predicted octanol–water partition coefficient (Wildman–Crippen LogP) is 0.571. The second kappa shape index (κ2) is 5.01. The van der Waals surface area contributed by atoms with Crippen LogP contribution in [0.5, 0.6) is 0 Å². The number of thioether (sulfide) groups is 1. The Balaban J connectivity index is 2.40. The summed E-state index contributed by atoms with van der Waals surface area (Å²) in [6.45, 7) is 1.87. The molecule has 1 aliphatic heterocycles. The average molecular weight is 234 g/mol. The summed E-state index contributed by atoms with van der Waals surface area (Å²) in [6.07, 6.45) is 1.06. The van der Waals surface area contributed by atoms with E-state index in [0.29, 0.717) is 12.5 Å². The standard InChI is InChI=1S/C8H14N2O2S2/c1-7(4-9)14(11,12)10-5-8-2-3-13-6-8/h7-8,10H,2-3,5-6H2,1H3. The summed E-state index contributed by atoms with van der Waals surface area (Å²) in [6, 6.07) is 1.72. The van der Waals surface area contributed by atoms with Crippen LogP contribution in [0.3, 0.4) is 0 Å². The summed E-state index contributed by atoms with van der Waals surface area (Å²) in [5.41, 5.74) is 0. The van der Waals surface area contributed by atoms with Crippen LogP contribution in [0, 0.1) is 17.2 Å². The van der Waals surface area contributed by atoms with Gasteiger partial charge in [0.05, 0.1) is 6.07 Å². The van der Waals surface area contributed by atoms with Crippen molar-refractivity contribution >= 4 is 21.8 Å². The summed E-state index contributed by atoms with van der Waals surface area (Å²) >= 11 is 1.85. The molecule has 4 nitrogen and oxygen atoms in total. The normalized spacial score (nSPS) is 24.4. The first-order valence-electron chi connectivity index (χ1n) is 4.52. The molecule has 0 aliphatic carbocycles. The van der Waals surface area contributed by atoms with Crippen LogP contribution in [0.25, 0.3) is 0 Å². The number of nitrogens with one attached hydrogen (secondary N) is 1. The minimum atomic E-state index is -3.42. The Morgan fingerprint density at radius 2 is 2.43 bits per heavy atom. The fourth-order valence-electron chi connectivity index (χ4n) is 1.17. The van der Waals surface area contributed by atoms with E-state index in [4.69, 9.17) is 5.26 Å². The van der Waals surface area contributed by atoms with Crippen molar-refractivity contribution < 1.29 is 8.42 Å². The van der Waals surface area contributed by atoms with Gasteiger partial charge in [0.1, 0.15) is 0 Å². The lowest BCUT2D eigenvalue weighted by Crippen LogP contribution is -2.35. The Bertz CT molecular complexity index is 315. The molecule has 0 radical (unpaired) electrons. The molecule has 14 heavy (non-hydrogen) atoms. The van der Waals surface area contributed by atoms with Gasteiger partial charge in [-0.25, -0.2) is 13.1 Å². The fourth-order valence-corrected chi connectivity index (χ4v) is 3.31. The molecule has 2 atom stereocenters. The third-order valence-electron chi connectivity index (χ3n) is 2.24. The van der Waals surface area contributed by atoms with Gasteiger partial charge in [0, 0.05) is 6.54 Å². The lowest BCUT2D eigenvalue weighted by Gasteiger charge is -2.11. The molecule has 0 saturated carbocycles. The predicted molar refractivity (Wildman–Crippen MR) is 57.4 cm³/mol. The van der Waals surface area contributed by atoms with Gasteiger partial charge in [-0.15, -0.1) is 0 Å². The minimum Gasteiger partial charge on any atom is -0.214 e. The minimum absolute atomic E-state index is 0.431. The van der Waals surface area contributed by atoms with Gasteiger partial charge in [-0.05, 0) is 30.8 Å². The van der Waals surface area contributed by atoms with Crippen molar-refractivity contribution in [2.24, 2.45) is 5.92 Å². The van der Waals surface area contributed by atoms with Crippen LogP contribution in [0.15, 0.2) is 0 Å². The van der Waals surface area contributed by atoms with Crippen molar-refractivity contribution in [2.45, 2.75) is 18.6 Å². The van der Waals surface area contributed by atoms with Crippen LogP contribution in [0.2, 0.25) is 0 Å². The molecule has 2 unspecified atom stereocenters. The zero-order valence-corrected chi connectivity index (χ0v) is 9.70. The highest BCUT2D eigenvalue weighted by Gasteiger charge is 2.22. The maximum absolute atomic E-state index is 11.4. The van der Waals surface area contributed by atoms with Crippen molar-refractivity contribution in [3.05, 3.63) is 0 Å². The van der Waals surface area contributed by atoms with Gasteiger partial charge >= 0.3 is 0 Å². The third kappa shape index (κ3) is 3.15. The zero-order chi connectivity index (χ0) is 10.6. The summed E-state index contributed by atoms with van der Waals surface area (Å²) < 4.78 is 25.2. The van der Waals surface area contributed by atoms with E-state index in [2.05, 4.69) is 4.72 Å². The lowest BCUT2D eigenvalue weighted by atomic mass is 10.1. The molecule has 1 rings (SSSR count). The van der Waals surface area contributed by atoms with Gasteiger partial charge in [-0.2, -0.15) is 17.0 Å². The second-order valence-electron chi connectivity index (χ2n) is 3.39. The van der Waals surface area contributed by atoms with Crippen molar-refractivity contribution in [3.8, 4) is 6.07 Å². The molecule has 80 valence electrons. The molecule has 0 bridgehead atoms. The van der Waals surface area contributed by atoms with Gasteiger partial charge in [0.2, 0.25) is 10.0 Å². The molecule has 0 spiro atoms. The number of hydrogen-bond acceptors (Lipinski definition) is 4. The van der Waals surface area contributed by atoms with E-state index in [1.165, 1.54) is 6.92 Å². The van der Waals surface area contributed by atoms with Crippen LogP contribution in [-0.4, -0.2) is 31.7 Å². The molecule has 0 aromatic carbocycles. The van der Waals surface area contributed by atoms with Crippen molar-refractivity contribution in [1.82, 2.24) is 4.72 Å². The van der Waals surface area contributed by atoms with Crippen LogP contribution >= 0.6 is 11.8 Å². The first-order valence-corrected chi connectivity index (χ1v) is 7.22. The monoisotopic (exact) mass is 234 g/mol. The van der Waals surface area contributed by atoms with Crippen LogP contribution in [0.4, 0.5) is 0 Å². The van der Waals surface area contributed by atoms with Crippen LogP contribution in [0.1, 0.15) is 13.3 Å². The Morgan fingerprint density at radius 3 is 2.93 bits per heavy atom. The summed E-state index contributed by atoms with van der Waals surface area (Å²) in [4.78, 5) is 0. The van der Waals surface area contributed by atoms with Gasteiger partial charge in [-0.1, -0.05) is 0 Å². The first-order chi connectivity index (χ1) is 6.56. The van der Waals surface area contributed by atoms with Crippen molar-refractivity contribution in [2.75, 3.05) is 18.1 Å². The summed E-state index contributed by atoms with van der Waals surface area (Å²) in [5.74, 6) is 2.56. The molecule has 6 heteroatoms. The largest absolute Gasteiger partial charge is 0.227 e. The Morgan fingerprint density at radius 1 is 1.71 bits per heavy atom. The molecular formula is C8H14N2O2S2. The van der Waals surface area contributed by atoms with E-state index in [1.54, 1.807) is 6.07 Å². The number of rotatable bonds is 4. The molecule has 0 aromatic heterocycles. The second-order valence-corrected chi connectivity index (χ2v) is 6.63. The quantitative estimate of drug-likeness (QED) is 0.772. The SMILES string of the molecule is CC(C#N)S(=O)(=O)NCC1CCSC1. The molecule has 1 saturated heterocycles. The Kier molecular flexibility index (Phi) is 4.23. The third-order valence-corrected chi connectivity index (χ3v) is 5.08. The summed E-state index contributed by atoms with van der Waals surface area (Å²) in [5, 5.41) is 7.53. The topological polar surface area (TPSA) is 70.0 Å². The first kappa shape index (κ1) is 11.8. The Labute approximate surface area is 89.1 Å².